The summed E-state index contributed by atoms with van der Waals surface area (Å²) >= 11 is 5.67. The summed E-state index contributed by atoms with van der Waals surface area (Å²) in [6.45, 7) is 0. The average Bonchev–Trinajstić information content (AvgIpc) is 2.15. The number of carbonyl (C=O) groups is 1. The number of halogens is 2. The number of primary amides is 1. The van der Waals surface area contributed by atoms with Gasteiger partial charge in [-0.3, -0.25) is 4.79 Å². The van der Waals surface area contributed by atoms with Gasteiger partial charge in [0.2, 0.25) is 12.3 Å². The number of benzene rings is 1. The number of alkyl halides is 1. The SMILES string of the molecule is COC(F)c1cc(Cl)cc(C(N)=O)c1. The molecule has 0 bridgehead atoms. The molecule has 0 fully saturated rings. The minimum absolute atomic E-state index is 0.159. The summed E-state index contributed by atoms with van der Waals surface area (Å²) in [5.41, 5.74) is 5.37. The van der Waals surface area contributed by atoms with Crippen LogP contribution >= 0.6 is 11.6 Å². The highest BCUT2D eigenvalue weighted by molar-refractivity contribution is 6.31. The van der Waals surface area contributed by atoms with Crippen molar-refractivity contribution in [2.75, 3.05) is 7.11 Å². The molecule has 0 aliphatic rings. The number of nitrogens with two attached hydrogens (primary N) is 1. The first-order valence-corrected chi connectivity index (χ1v) is 4.19. The fourth-order valence-corrected chi connectivity index (χ4v) is 1.27. The number of carbonyl (C=O) groups excluding carboxylic acids is 1. The van der Waals surface area contributed by atoms with Gasteiger partial charge in [-0.05, 0) is 18.2 Å². The van der Waals surface area contributed by atoms with Crippen LogP contribution in [0.5, 0.6) is 0 Å². The van der Waals surface area contributed by atoms with Gasteiger partial charge in [-0.15, -0.1) is 0 Å². The van der Waals surface area contributed by atoms with Crippen LogP contribution in [-0.2, 0) is 4.74 Å². The monoisotopic (exact) mass is 217 g/mol. The van der Waals surface area contributed by atoms with Crippen LogP contribution in [0.25, 0.3) is 0 Å². The molecule has 76 valence electrons. The molecular weight excluding hydrogens is 209 g/mol. The Hall–Kier alpha value is -1.13. The molecular formula is C9H9ClFNO2. The molecule has 0 aliphatic carbocycles. The molecule has 0 saturated carbocycles. The van der Waals surface area contributed by atoms with Crippen LogP contribution in [0.3, 0.4) is 0 Å². The highest BCUT2D eigenvalue weighted by Crippen LogP contribution is 2.23. The van der Waals surface area contributed by atoms with Gasteiger partial charge in [-0.1, -0.05) is 11.6 Å². The first kappa shape index (κ1) is 10.9. The molecule has 0 aliphatic heterocycles. The van der Waals surface area contributed by atoms with Crippen molar-refractivity contribution >= 4 is 17.5 Å². The van der Waals surface area contributed by atoms with Crippen LogP contribution in [0.4, 0.5) is 4.39 Å². The summed E-state index contributed by atoms with van der Waals surface area (Å²) in [4.78, 5) is 10.8. The van der Waals surface area contributed by atoms with E-state index in [1.54, 1.807) is 0 Å². The lowest BCUT2D eigenvalue weighted by Gasteiger charge is -2.07. The van der Waals surface area contributed by atoms with Crippen LogP contribution < -0.4 is 5.73 Å². The summed E-state index contributed by atoms with van der Waals surface area (Å²) in [6, 6.07) is 4.06. The summed E-state index contributed by atoms with van der Waals surface area (Å²) in [5.74, 6) is -0.656. The Labute approximate surface area is 85.6 Å². The highest BCUT2D eigenvalue weighted by atomic mass is 35.5. The third-order valence-electron chi connectivity index (χ3n) is 1.67. The number of hydrogen-bond acceptors (Lipinski definition) is 2. The normalized spacial score (nSPS) is 12.5. The van der Waals surface area contributed by atoms with Gasteiger partial charge < -0.3 is 10.5 Å². The molecule has 2 N–H and O–H groups in total. The van der Waals surface area contributed by atoms with Crippen molar-refractivity contribution in [3.8, 4) is 0 Å². The molecule has 0 saturated heterocycles. The highest BCUT2D eigenvalue weighted by Gasteiger charge is 2.11. The van der Waals surface area contributed by atoms with Crippen molar-refractivity contribution in [2.45, 2.75) is 6.36 Å². The Balaban J connectivity index is 3.13. The van der Waals surface area contributed by atoms with Gasteiger partial charge in [0.15, 0.2) is 0 Å². The van der Waals surface area contributed by atoms with Gasteiger partial charge in [0.1, 0.15) is 0 Å². The molecule has 14 heavy (non-hydrogen) atoms. The summed E-state index contributed by atoms with van der Waals surface area (Å²) in [5, 5.41) is 0.246. The standard InChI is InChI=1S/C9H9ClFNO2/c1-14-8(11)5-2-6(9(12)13)4-7(10)3-5/h2-4,8H,1H3,(H2,12,13). The van der Waals surface area contributed by atoms with Crippen molar-refractivity contribution in [1.29, 1.82) is 0 Å². The Kier molecular flexibility index (Phi) is 3.43. The number of amides is 1. The molecule has 0 radical (unpaired) electrons. The number of rotatable bonds is 3. The lowest BCUT2D eigenvalue weighted by molar-refractivity contribution is -0.00662. The largest absolute Gasteiger partial charge is 0.366 e. The topological polar surface area (TPSA) is 52.3 Å². The van der Waals surface area contributed by atoms with Crippen LogP contribution in [0.2, 0.25) is 5.02 Å². The summed E-state index contributed by atoms with van der Waals surface area (Å²) in [7, 11) is 1.22. The molecule has 5 heteroatoms. The van der Waals surface area contributed by atoms with E-state index in [4.69, 9.17) is 17.3 Å². The number of methoxy groups -OCH3 is 1. The predicted octanol–water partition coefficient (Wildman–Crippen LogP) is 2.05. The molecule has 1 aromatic rings. The van der Waals surface area contributed by atoms with Crippen molar-refractivity contribution in [2.24, 2.45) is 5.73 Å². The second kappa shape index (κ2) is 4.39. The first-order chi connectivity index (χ1) is 6.54. The van der Waals surface area contributed by atoms with Gasteiger partial charge in [0.05, 0.1) is 0 Å². The van der Waals surface area contributed by atoms with Gasteiger partial charge in [-0.25, -0.2) is 4.39 Å². The van der Waals surface area contributed by atoms with E-state index in [9.17, 15) is 9.18 Å². The molecule has 0 aromatic heterocycles. The second-order valence-corrected chi connectivity index (χ2v) is 3.13. The van der Waals surface area contributed by atoms with Crippen LogP contribution in [0.15, 0.2) is 18.2 Å². The lowest BCUT2D eigenvalue weighted by atomic mass is 10.1. The van der Waals surface area contributed by atoms with Crippen molar-refractivity contribution in [3.63, 3.8) is 0 Å². The molecule has 1 amide bonds. The maximum absolute atomic E-state index is 13.1. The molecule has 0 heterocycles. The maximum Gasteiger partial charge on any atom is 0.248 e. The van der Waals surface area contributed by atoms with E-state index < -0.39 is 12.3 Å². The first-order valence-electron chi connectivity index (χ1n) is 3.81. The minimum Gasteiger partial charge on any atom is -0.366 e. The zero-order valence-electron chi connectivity index (χ0n) is 7.46. The molecule has 1 atom stereocenters. The quantitative estimate of drug-likeness (QED) is 0.843. The number of hydrogen-bond donors (Lipinski definition) is 1. The fourth-order valence-electron chi connectivity index (χ4n) is 1.02. The van der Waals surface area contributed by atoms with Crippen molar-refractivity contribution < 1.29 is 13.9 Å². The van der Waals surface area contributed by atoms with Gasteiger partial charge in [0.25, 0.3) is 0 Å². The summed E-state index contributed by atoms with van der Waals surface area (Å²) in [6.07, 6.45) is -1.60. The second-order valence-electron chi connectivity index (χ2n) is 2.69. The number of ether oxygens (including phenoxy) is 1. The van der Waals surface area contributed by atoms with E-state index in [-0.39, 0.29) is 16.1 Å². The Morgan fingerprint density at radius 3 is 2.71 bits per heavy atom. The molecule has 1 unspecified atom stereocenters. The van der Waals surface area contributed by atoms with Crippen LogP contribution in [0, 0.1) is 0 Å². The summed E-state index contributed by atoms with van der Waals surface area (Å²) < 4.78 is 17.5. The van der Waals surface area contributed by atoms with Crippen LogP contribution in [0.1, 0.15) is 22.3 Å². The van der Waals surface area contributed by atoms with Gasteiger partial charge in [-0.2, -0.15) is 0 Å². The van der Waals surface area contributed by atoms with Crippen molar-refractivity contribution in [3.05, 3.63) is 34.3 Å². The third-order valence-corrected chi connectivity index (χ3v) is 1.89. The third kappa shape index (κ3) is 2.43. The van der Waals surface area contributed by atoms with E-state index in [0.717, 1.165) is 0 Å². The zero-order valence-corrected chi connectivity index (χ0v) is 8.22. The minimum atomic E-state index is -1.60. The Morgan fingerprint density at radius 2 is 2.21 bits per heavy atom. The Bertz CT molecular complexity index is 357. The Morgan fingerprint density at radius 1 is 1.57 bits per heavy atom. The van der Waals surface area contributed by atoms with Crippen molar-refractivity contribution in [1.82, 2.24) is 0 Å². The average molecular weight is 218 g/mol. The van der Waals surface area contributed by atoms with E-state index in [1.807, 2.05) is 0 Å². The predicted molar refractivity (Wildman–Crippen MR) is 50.8 cm³/mol. The van der Waals surface area contributed by atoms with Gasteiger partial charge >= 0.3 is 0 Å². The van der Waals surface area contributed by atoms with Crippen LogP contribution in [-0.4, -0.2) is 13.0 Å². The molecule has 3 nitrogen and oxygen atoms in total. The van der Waals surface area contributed by atoms with E-state index >= 15 is 0 Å². The van der Waals surface area contributed by atoms with E-state index in [0.29, 0.717) is 0 Å². The zero-order chi connectivity index (χ0) is 10.7. The van der Waals surface area contributed by atoms with Gasteiger partial charge in [0, 0.05) is 23.3 Å². The van der Waals surface area contributed by atoms with E-state index in [2.05, 4.69) is 4.74 Å². The van der Waals surface area contributed by atoms with E-state index in [1.165, 1.54) is 25.3 Å². The fraction of sp³-hybridized carbons (Fsp3) is 0.222. The molecule has 1 rings (SSSR count). The lowest BCUT2D eigenvalue weighted by Crippen LogP contribution is -2.11. The molecule has 1 aromatic carbocycles. The molecule has 0 spiro atoms. The maximum atomic E-state index is 13.1. The smallest absolute Gasteiger partial charge is 0.248 e.